The van der Waals surface area contributed by atoms with Crippen LogP contribution < -0.4 is 10.1 Å². The molecule has 0 bridgehead atoms. The second kappa shape index (κ2) is 7.84. The minimum Gasteiger partial charge on any atom is -0.497 e. The fourth-order valence-corrected chi connectivity index (χ4v) is 3.94. The van der Waals surface area contributed by atoms with Gasteiger partial charge in [0.25, 0.3) is 0 Å². The predicted molar refractivity (Wildman–Crippen MR) is 108 cm³/mol. The molecular weight excluding hydrogens is 338 g/mol. The number of amides is 1. The molecule has 1 aliphatic rings. The molecule has 0 atom stereocenters. The topological polar surface area (TPSA) is 57.4 Å². The second-order valence-electron chi connectivity index (χ2n) is 7.12. The van der Waals surface area contributed by atoms with Crippen molar-refractivity contribution in [2.45, 2.75) is 18.8 Å². The SMILES string of the molecule is COc1cccc(NC(=O)CN2CCC(c3c[nH]c4ccccc34)CC2)c1. The zero-order chi connectivity index (χ0) is 18.6. The van der Waals surface area contributed by atoms with Gasteiger partial charge in [-0.3, -0.25) is 9.69 Å². The number of nitrogens with zero attached hydrogens (tertiary/aromatic N) is 1. The molecule has 2 heterocycles. The predicted octanol–water partition coefficient (Wildman–Crippen LogP) is 3.99. The molecule has 0 spiro atoms. The largest absolute Gasteiger partial charge is 0.497 e. The molecule has 2 N–H and O–H groups in total. The maximum Gasteiger partial charge on any atom is 0.238 e. The lowest BCUT2D eigenvalue weighted by Crippen LogP contribution is -2.38. The number of aromatic nitrogens is 1. The van der Waals surface area contributed by atoms with Gasteiger partial charge in [0.2, 0.25) is 5.91 Å². The number of piperidine rings is 1. The van der Waals surface area contributed by atoms with Crippen LogP contribution in [0, 0.1) is 0 Å². The number of para-hydroxylation sites is 1. The number of hydrogen-bond acceptors (Lipinski definition) is 3. The molecule has 0 saturated carbocycles. The highest BCUT2D eigenvalue weighted by Crippen LogP contribution is 2.33. The highest BCUT2D eigenvalue weighted by Gasteiger charge is 2.23. The van der Waals surface area contributed by atoms with Crippen molar-refractivity contribution in [3.63, 3.8) is 0 Å². The van der Waals surface area contributed by atoms with Crippen LogP contribution in [0.5, 0.6) is 5.75 Å². The lowest BCUT2D eigenvalue weighted by Gasteiger charge is -2.31. The van der Waals surface area contributed by atoms with E-state index in [-0.39, 0.29) is 5.91 Å². The van der Waals surface area contributed by atoms with Crippen molar-refractivity contribution in [2.24, 2.45) is 0 Å². The monoisotopic (exact) mass is 363 g/mol. The Labute approximate surface area is 159 Å². The van der Waals surface area contributed by atoms with Crippen molar-refractivity contribution in [1.29, 1.82) is 0 Å². The number of fused-ring (bicyclic) bond motifs is 1. The van der Waals surface area contributed by atoms with Gasteiger partial charge in [-0.05, 0) is 55.6 Å². The summed E-state index contributed by atoms with van der Waals surface area (Å²) >= 11 is 0. The lowest BCUT2D eigenvalue weighted by atomic mass is 9.89. The van der Waals surface area contributed by atoms with E-state index >= 15 is 0 Å². The third-order valence-corrected chi connectivity index (χ3v) is 5.37. The van der Waals surface area contributed by atoms with E-state index in [2.05, 4.69) is 45.7 Å². The number of likely N-dealkylation sites (tertiary alicyclic amines) is 1. The number of rotatable bonds is 5. The first kappa shape index (κ1) is 17.6. The molecular formula is C22H25N3O2. The van der Waals surface area contributed by atoms with Crippen LogP contribution in [0.4, 0.5) is 5.69 Å². The highest BCUT2D eigenvalue weighted by molar-refractivity contribution is 5.92. The lowest BCUT2D eigenvalue weighted by molar-refractivity contribution is -0.117. The van der Waals surface area contributed by atoms with Gasteiger partial charge in [0.1, 0.15) is 5.75 Å². The van der Waals surface area contributed by atoms with Gasteiger partial charge in [-0.2, -0.15) is 0 Å². The van der Waals surface area contributed by atoms with Gasteiger partial charge in [0.15, 0.2) is 0 Å². The van der Waals surface area contributed by atoms with Crippen LogP contribution in [0.25, 0.3) is 10.9 Å². The first-order valence-corrected chi connectivity index (χ1v) is 9.45. The van der Waals surface area contributed by atoms with E-state index in [0.717, 1.165) is 37.4 Å². The average Bonchev–Trinajstić information content (AvgIpc) is 3.13. The van der Waals surface area contributed by atoms with Crippen LogP contribution >= 0.6 is 0 Å². The summed E-state index contributed by atoms with van der Waals surface area (Å²) in [5.41, 5.74) is 3.38. The molecule has 3 aromatic rings. The van der Waals surface area contributed by atoms with Crippen molar-refractivity contribution in [3.8, 4) is 5.75 Å². The van der Waals surface area contributed by atoms with Crippen LogP contribution in [0.2, 0.25) is 0 Å². The minimum absolute atomic E-state index is 0.0220. The van der Waals surface area contributed by atoms with Crippen LogP contribution in [-0.4, -0.2) is 42.5 Å². The summed E-state index contributed by atoms with van der Waals surface area (Å²) in [5, 5.41) is 4.29. The third-order valence-electron chi connectivity index (χ3n) is 5.37. The van der Waals surface area contributed by atoms with Crippen LogP contribution in [0.3, 0.4) is 0 Å². The van der Waals surface area contributed by atoms with Gasteiger partial charge in [-0.1, -0.05) is 24.3 Å². The molecule has 4 rings (SSSR count). The Bertz CT molecular complexity index is 926. The summed E-state index contributed by atoms with van der Waals surface area (Å²) in [4.78, 5) is 18.0. The molecule has 140 valence electrons. The quantitative estimate of drug-likeness (QED) is 0.720. The number of methoxy groups -OCH3 is 1. The molecule has 0 unspecified atom stereocenters. The normalized spacial score (nSPS) is 15.7. The van der Waals surface area contributed by atoms with Gasteiger partial charge >= 0.3 is 0 Å². The van der Waals surface area contributed by atoms with E-state index < -0.39 is 0 Å². The van der Waals surface area contributed by atoms with Crippen LogP contribution in [-0.2, 0) is 4.79 Å². The summed E-state index contributed by atoms with van der Waals surface area (Å²) < 4.78 is 5.20. The number of carbonyl (C=O) groups is 1. The molecule has 0 radical (unpaired) electrons. The number of anilines is 1. The number of ether oxygens (including phenoxy) is 1. The zero-order valence-electron chi connectivity index (χ0n) is 15.6. The van der Waals surface area contributed by atoms with E-state index in [1.165, 1.54) is 16.5 Å². The van der Waals surface area contributed by atoms with E-state index in [4.69, 9.17) is 4.74 Å². The fourth-order valence-electron chi connectivity index (χ4n) is 3.94. The van der Waals surface area contributed by atoms with E-state index in [0.29, 0.717) is 12.5 Å². The molecule has 0 aliphatic carbocycles. The standard InChI is InChI=1S/C22H25N3O2/c1-27-18-6-4-5-17(13-18)24-22(26)15-25-11-9-16(10-12-25)20-14-23-21-8-3-2-7-19(20)21/h2-8,13-14,16,23H,9-12,15H2,1H3,(H,24,26). The molecule has 1 fully saturated rings. The Balaban J connectivity index is 1.32. The van der Waals surface area contributed by atoms with Gasteiger partial charge < -0.3 is 15.0 Å². The van der Waals surface area contributed by atoms with Gasteiger partial charge in [-0.25, -0.2) is 0 Å². The number of aromatic amines is 1. The molecule has 1 saturated heterocycles. The van der Waals surface area contributed by atoms with Crippen molar-refractivity contribution < 1.29 is 9.53 Å². The Morgan fingerprint density at radius 1 is 1.19 bits per heavy atom. The second-order valence-corrected chi connectivity index (χ2v) is 7.12. The Morgan fingerprint density at radius 3 is 2.81 bits per heavy atom. The average molecular weight is 363 g/mol. The van der Waals surface area contributed by atoms with E-state index in [1.807, 2.05) is 24.3 Å². The fraction of sp³-hybridized carbons (Fsp3) is 0.318. The van der Waals surface area contributed by atoms with Crippen LogP contribution in [0.1, 0.15) is 24.3 Å². The number of nitrogens with one attached hydrogen (secondary N) is 2. The molecule has 27 heavy (non-hydrogen) atoms. The highest BCUT2D eigenvalue weighted by atomic mass is 16.5. The number of benzene rings is 2. The zero-order valence-corrected chi connectivity index (χ0v) is 15.6. The maximum atomic E-state index is 12.4. The number of H-pyrrole nitrogens is 1. The molecule has 2 aromatic carbocycles. The van der Waals surface area contributed by atoms with E-state index in [9.17, 15) is 4.79 Å². The number of hydrogen-bond donors (Lipinski definition) is 2. The van der Waals surface area contributed by atoms with Crippen molar-refractivity contribution in [1.82, 2.24) is 9.88 Å². The van der Waals surface area contributed by atoms with Gasteiger partial charge in [0.05, 0.1) is 13.7 Å². The summed E-state index contributed by atoms with van der Waals surface area (Å²) in [6, 6.07) is 15.9. The Kier molecular flexibility index (Phi) is 5.12. The summed E-state index contributed by atoms with van der Waals surface area (Å²) in [6.45, 7) is 2.31. The van der Waals surface area contributed by atoms with Crippen LogP contribution in [0.15, 0.2) is 54.7 Å². The summed E-state index contributed by atoms with van der Waals surface area (Å²) in [7, 11) is 1.62. The van der Waals surface area contributed by atoms with Crippen molar-refractivity contribution in [2.75, 3.05) is 32.1 Å². The first-order chi connectivity index (χ1) is 13.2. The molecule has 1 aliphatic heterocycles. The Hall–Kier alpha value is -2.79. The summed E-state index contributed by atoms with van der Waals surface area (Å²) in [6.07, 6.45) is 4.31. The molecule has 1 aromatic heterocycles. The Morgan fingerprint density at radius 2 is 2.00 bits per heavy atom. The maximum absolute atomic E-state index is 12.4. The van der Waals surface area contributed by atoms with Gasteiger partial charge in [-0.15, -0.1) is 0 Å². The summed E-state index contributed by atoms with van der Waals surface area (Å²) in [5.74, 6) is 1.32. The number of carbonyl (C=O) groups excluding carboxylic acids is 1. The molecule has 5 heteroatoms. The third kappa shape index (κ3) is 3.98. The first-order valence-electron chi connectivity index (χ1n) is 9.45. The molecule has 5 nitrogen and oxygen atoms in total. The van der Waals surface area contributed by atoms with E-state index in [1.54, 1.807) is 7.11 Å². The minimum atomic E-state index is 0.0220. The van der Waals surface area contributed by atoms with Crippen molar-refractivity contribution >= 4 is 22.5 Å². The van der Waals surface area contributed by atoms with Gasteiger partial charge in [0, 0.05) is 28.9 Å². The molecule has 1 amide bonds. The smallest absolute Gasteiger partial charge is 0.238 e. The van der Waals surface area contributed by atoms with Crippen molar-refractivity contribution in [3.05, 3.63) is 60.3 Å².